The number of hydrogen-bond acceptors (Lipinski definition) is 2. The lowest BCUT2D eigenvalue weighted by Crippen LogP contribution is -2.40. The van der Waals surface area contributed by atoms with Gasteiger partial charge in [-0.3, -0.25) is 0 Å². The molecule has 0 aliphatic carbocycles. The van der Waals surface area contributed by atoms with E-state index in [2.05, 4.69) is 15.3 Å². The number of fused-ring (bicyclic) bond motifs is 1. The van der Waals surface area contributed by atoms with Gasteiger partial charge in [0.2, 0.25) is 0 Å². The van der Waals surface area contributed by atoms with Crippen molar-refractivity contribution in [2.24, 2.45) is 0 Å². The first-order valence-electron chi connectivity index (χ1n) is 8.55. The van der Waals surface area contributed by atoms with Gasteiger partial charge in [0.1, 0.15) is 11.6 Å². The molecule has 26 heavy (non-hydrogen) atoms. The van der Waals surface area contributed by atoms with Gasteiger partial charge in [-0.2, -0.15) is 0 Å². The third kappa shape index (κ3) is 3.51. The summed E-state index contributed by atoms with van der Waals surface area (Å²) in [5.74, 6) is 0.821. The van der Waals surface area contributed by atoms with Crippen LogP contribution in [0.15, 0.2) is 42.5 Å². The summed E-state index contributed by atoms with van der Waals surface area (Å²) < 4.78 is 13.3. The van der Waals surface area contributed by atoms with E-state index in [9.17, 15) is 9.18 Å². The van der Waals surface area contributed by atoms with E-state index in [0.717, 1.165) is 24.2 Å². The molecule has 4 rings (SSSR count). The Labute approximate surface area is 155 Å². The Balaban J connectivity index is 1.39. The van der Waals surface area contributed by atoms with E-state index in [1.807, 2.05) is 6.07 Å². The van der Waals surface area contributed by atoms with Crippen molar-refractivity contribution in [2.45, 2.75) is 18.8 Å². The summed E-state index contributed by atoms with van der Waals surface area (Å²) in [5, 5.41) is 3.46. The zero-order valence-electron chi connectivity index (χ0n) is 14.0. The van der Waals surface area contributed by atoms with Crippen molar-refractivity contribution in [3.05, 3.63) is 59.1 Å². The molecule has 1 aliphatic rings. The third-order valence-electron chi connectivity index (χ3n) is 4.71. The summed E-state index contributed by atoms with van der Waals surface area (Å²) in [5.41, 5.74) is 2.16. The fourth-order valence-corrected chi connectivity index (χ4v) is 3.51. The Morgan fingerprint density at radius 3 is 2.81 bits per heavy atom. The maximum atomic E-state index is 13.3. The Morgan fingerprint density at radius 1 is 1.23 bits per heavy atom. The number of imidazole rings is 1. The second kappa shape index (κ2) is 6.96. The molecule has 134 valence electrons. The van der Waals surface area contributed by atoms with Gasteiger partial charge in [-0.15, -0.1) is 0 Å². The number of amides is 2. The number of urea groups is 1. The average Bonchev–Trinajstić information content (AvgIpc) is 3.05. The Hall–Kier alpha value is -2.60. The highest BCUT2D eigenvalue weighted by Gasteiger charge is 2.26. The highest BCUT2D eigenvalue weighted by molar-refractivity contribution is 6.30. The summed E-state index contributed by atoms with van der Waals surface area (Å²) in [6, 6.07) is 11.5. The van der Waals surface area contributed by atoms with E-state index in [-0.39, 0.29) is 17.8 Å². The Kier molecular flexibility index (Phi) is 4.51. The van der Waals surface area contributed by atoms with Gasteiger partial charge in [-0.1, -0.05) is 17.7 Å². The topological polar surface area (TPSA) is 61.0 Å². The van der Waals surface area contributed by atoms with Crippen molar-refractivity contribution >= 4 is 34.4 Å². The minimum absolute atomic E-state index is 0.127. The number of hydrogen-bond donors (Lipinski definition) is 2. The fraction of sp³-hybridized carbons (Fsp3) is 0.263. The maximum absolute atomic E-state index is 13.3. The Morgan fingerprint density at radius 2 is 2.04 bits per heavy atom. The highest BCUT2D eigenvalue weighted by Crippen LogP contribution is 2.28. The lowest BCUT2D eigenvalue weighted by molar-refractivity contribution is 0.193. The molecular weight excluding hydrogens is 355 g/mol. The number of nitrogens with zero attached hydrogens (tertiary/aromatic N) is 2. The standard InChI is InChI=1S/C19H18ClFN4O/c20-13-2-1-3-15(10-13)22-19(26)25-8-6-12(7-9-25)18-23-16-5-4-14(21)11-17(16)24-18/h1-5,10-12H,6-9H2,(H,22,26)(H,23,24). The van der Waals surface area contributed by atoms with Crippen LogP contribution in [0.25, 0.3) is 11.0 Å². The average molecular weight is 373 g/mol. The molecule has 1 fully saturated rings. The molecule has 1 saturated heterocycles. The number of piperidine rings is 1. The van der Waals surface area contributed by atoms with Crippen molar-refractivity contribution in [3.63, 3.8) is 0 Å². The molecule has 7 heteroatoms. The number of aromatic amines is 1. The van der Waals surface area contributed by atoms with Crippen LogP contribution >= 0.6 is 11.6 Å². The summed E-state index contributed by atoms with van der Waals surface area (Å²) in [4.78, 5) is 22.0. The van der Waals surface area contributed by atoms with E-state index < -0.39 is 0 Å². The normalized spacial score (nSPS) is 15.4. The van der Waals surface area contributed by atoms with Gasteiger partial charge in [0.05, 0.1) is 11.0 Å². The van der Waals surface area contributed by atoms with Gasteiger partial charge in [0.15, 0.2) is 0 Å². The summed E-state index contributed by atoms with van der Waals surface area (Å²) in [6.45, 7) is 1.28. The summed E-state index contributed by atoms with van der Waals surface area (Å²) >= 11 is 5.95. The number of nitrogens with one attached hydrogen (secondary N) is 2. The molecule has 0 atom stereocenters. The van der Waals surface area contributed by atoms with Crippen LogP contribution in [0.5, 0.6) is 0 Å². The molecule has 0 radical (unpaired) electrons. The smallest absolute Gasteiger partial charge is 0.321 e. The molecule has 0 bridgehead atoms. The quantitative estimate of drug-likeness (QED) is 0.680. The van der Waals surface area contributed by atoms with Gasteiger partial charge in [-0.05, 0) is 49.2 Å². The number of benzene rings is 2. The van der Waals surface area contributed by atoms with Gasteiger partial charge in [0, 0.05) is 29.7 Å². The van der Waals surface area contributed by atoms with Gasteiger partial charge in [0.25, 0.3) is 0 Å². The van der Waals surface area contributed by atoms with Gasteiger partial charge < -0.3 is 15.2 Å². The lowest BCUT2D eigenvalue weighted by atomic mass is 9.96. The molecule has 2 heterocycles. The minimum atomic E-state index is -0.278. The molecule has 2 N–H and O–H groups in total. The first-order chi connectivity index (χ1) is 12.6. The van der Waals surface area contributed by atoms with Crippen LogP contribution in [-0.4, -0.2) is 34.0 Å². The van der Waals surface area contributed by atoms with Crippen LogP contribution in [0.3, 0.4) is 0 Å². The molecule has 0 unspecified atom stereocenters. The van der Waals surface area contributed by atoms with E-state index in [1.165, 1.54) is 12.1 Å². The van der Waals surface area contributed by atoms with Crippen LogP contribution < -0.4 is 5.32 Å². The molecule has 2 amide bonds. The van der Waals surface area contributed by atoms with E-state index >= 15 is 0 Å². The second-order valence-corrected chi connectivity index (χ2v) is 6.92. The predicted octanol–water partition coefficient (Wildman–Crippen LogP) is 4.77. The van der Waals surface area contributed by atoms with Crippen molar-refractivity contribution in [1.82, 2.24) is 14.9 Å². The predicted molar refractivity (Wildman–Crippen MR) is 100 cm³/mol. The van der Waals surface area contributed by atoms with E-state index in [4.69, 9.17) is 11.6 Å². The van der Waals surface area contributed by atoms with Crippen LogP contribution in [0.4, 0.5) is 14.9 Å². The summed E-state index contributed by atoms with van der Waals surface area (Å²) in [7, 11) is 0. The number of halogens is 2. The second-order valence-electron chi connectivity index (χ2n) is 6.49. The van der Waals surface area contributed by atoms with Crippen LogP contribution in [0.1, 0.15) is 24.6 Å². The van der Waals surface area contributed by atoms with Crippen LogP contribution in [0.2, 0.25) is 5.02 Å². The lowest BCUT2D eigenvalue weighted by Gasteiger charge is -2.31. The number of carbonyl (C=O) groups excluding carboxylic acids is 1. The SMILES string of the molecule is O=C(Nc1cccc(Cl)c1)N1CCC(c2nc3ccc(F)cc3[nH]2)CC1. The van der Waals surface area contributed by atoms with Gasteiger partial charge in [-0.25, -0.2) is 14.2 Å². The number of likely N-dealkylation sites (tertiary alicyclic amines) is 1. The number of aromatic nitrogens is 2. The van der Waals surface area contributed by atoms with E-state index in [0.29, 0.717) is 29.3 Å². The van der Waals surface area contributed by atoms with Crippen LogP contribution in [0, 0.1) is 5.82 Å². The van der Waals surface area contributed by atoms with Crippen molar-refractivity contribution < 1.29 is 9.18 Å². The van der Waals surface area contributed by atoms with Gasteiger partial charge >= 0.3 is 6.03 Å². The number of H-pyrrole nitrogens is 1. The molecular formula is C19H18ClFN4O. The molecule has 3 aromatic rings. The molecule has 2 aromatic carbocycles. The number of carbonyl (C=O) groups is 1. The fourth-order valence-electron chi connectivity index (χ4n) is 3.32. The zero-order chi connectivity index (χ0) is 18.1. The molecule has 1 aliphatic heterocycles. The molecule has 0 saturated carbocycles. The zero-order valence-corrected chi connectivity index (χ0v) is 14.8. The first kappa shape index (κ1) is 16.8. The van der Waals surface area contributed by atoms with Crippen molar-refractivity contribution in [3.8, 4) is 0 Å². The maximum Gasteiger partial charge on any atom is 0.321 e. The number of anilines is 1. The summed E-state index contributed by atoms with van der Waals surface area (Å²) in [6.07, 6.45) is 1.62. The largest absolute Gasteiger partial charge is 0.342 e. The molecule has 1 aromatic heterocycles. The monoisotopic (exact) mass is 372 g/mol. The van der Waals surface area contributed by atoms with Crippen molar-refractivity contribution in [2.75, 3.05) is 18.4 Å². The number of rotatable bonds is 2. The third-order valence-corrected chi connectivity index (χ3v) is 4.94. The highest BCUT2D eigenvalue weighted by atomic mass is 35.5. The van der Waals surface area contributed by atoms with E-state index in [1.54, 1.807) is 29.2 Å². The molecule has 5 nitrogen and oxygen atoms in total. The first-order valence-corrected chi connectivity index (χ1v) is 8.93. The minimum Gasteiger partial charge on any atom is -0.342 e. The molecule has 0 spiro atoms. The Bertz CT molecular complexity index is 950. The van der Waals surface area contributed by atoms with Crippen LogP contribution in [-0.2, 0) is 0 Å². The van der Waals surface area contributed by atoms with Crippen molar-refractivity contribution in [1.29, 1.82) is 0 Å².